The van der Waals surface area contributed by atoms with Crippen molar-refractivity contribution in [1.82, 2.24) is 0 Å². The molecule has 1 aromatic heterocycles. The molecule has 1 heterocycles. The number of hydrogen-bond donors (Lipinski definition) is 2. The molecule has 0 spiro atoms. The first-order valence-corrected chi connectivity index (χ1v) is 6.82. The maximum absolute atomic E-state index is 11.7. The van der Waals surface area contributed by atoms with E-state index in [-0.39, 0.29) is 16.9 Å². The number of phenols is 1. The van der Waals surface area contributed by atoms with Crippen molar-refractivity contribution in [2.75, 3.05) is 7.11 Å². The number of amides is 1. The van der Waals surface area contributed by atoms with Crippen LogP contribution in [0.1, 0.15) is 10.4 Å². The zero-order chi connectivity index (χ0) is 16.4. The Labute approximate surface area is 131 Å². The van der Waals surface area contributed by atoms with Gasteiger partial charge in [-0.2, -0.15) is 0 Å². The molecule has 0 bridgehead atoms. The predicted octanol–water partition coefficient (Wildman–Crippen LogP) is 2.48. The van der Waals surface area contributed by atoms with E-state index in [1.54, 1.807) is 43.5 Å². The second-order valence-corrected chi connectivity index (χ2v) is 4.86. The zero-order valence-electron chi connectivity index (χ0n) is 12.3. The van der Waals surface area contributed by atoms with Gasteiger partial charge in [0, 0.05) is 5.39 Å². The fourth-order valence-electron chi connectivity index (χ4n) is 2.15. The minimum atomic E-state index is -0.661. The quantitative estimate of drug-likeness (QED) is 0.776. The number of aromatic hydroxyl groups is 1. The van der Waals surface area contributed by atoms with Gasteiger partial charge in [0.25, 0.3) is 5.91 Å². The Kier molecular flexibility index (Phi) is 3.72. The Bertz CT molecular complexity index is 943. The van der Waals surface area contributed by atoms with E-state index in [0.717, 1.165) is 0 Å². The lowest BCUT2D eigenvalue weighted by Gasteiger charge is -2.03. The second kappa shape index (κ2) is 5.84. The Morgan fingerprint density at radius 3 is 2.57 bits per heavy atom. The molecule has 2 aromatic carbocycles. The number of nitrogens with zero attached hydrogens (tertiary/aromatic N) is 1. The Balaban J connectivity index is 2.21. The fourth-order valence-corrected chi connectivity index (χ4v) is 2.15. The van der Waals surface area contributed by atoms with Crippen LogP contribution in [-0.4, -0.2) is 18.1 Å². The Morgan fingerprint density at radius 1 is 1.17 bits per heavy atom. The fraction of sp³-hybridized carbons (Fsp3) is 0.0588. The van der Waals surface area contributed by atoms with Crippen molar-refractivity contribution in [3.8, 4) is 11.5 Å². The molecule has 1 amide bonds. The van der Waals surface area contributed by atoms with Crippen molar-refractivity contribution >= 4 is 22.6 Å². The lowest BCUT2D eigenvalue weighted by Crippen LogP contribution is -2.21. The molecule has 3 aromatic rings. The molecule has 23 heavy (non-hydrogen) atoms. The van der Waals surface area contributed by atoms with Crippen molar-refractivity contribution in [3.63, 3.8) is 0 Å². The van der Waals surface area contributed by atoms with Crippen LogP contribution in [-0.2, 0) is 0 Å². The second-order valence-electron chi connectivity index (χ2n) is 4.86. The van der Waals surface area contributed by atoms with Crippen LogP contribution in [0.2, 0.25) is 0 Å². The van der Waals surface area contributed by atoms with Crippen molar-refractivity contribution in [2.24, 2.45) is 10.7 Å². The van der Waals surface area contributed by atoms with Gasteiger partial charge in [0.1, 0.15) is 22.6 Å². The minimum Gasteiger partial charge on any atom is -0.508 e. The minimum absolute atomic E-state index is 0.0722. The van der Waals surface area contributed by atoms with Crippen LogP contribution in [0.3, 0.4) is 0 Å². The monoisotopic (exact) mass is 310 g/mol. The summed E-state index contributed by atoms with van der Waals surface area (Å²) < 4.78 is 10.7. The SMILES string of the molecule is COc1ccc(N=c2oc3ccc(O)cc3cc2C(N)=O)cc1. The third-order valence-electron chi connectivity index (χ3n) is 3.30. The van der Waals surface area contributed by atoms with Gasteiger partial charge in [-0.1, -0.05) is 0 Å². The standard InChI is InChI=1S/C17H14N2O4/c1-22-13-5-2-11(3-6-13)19-17-14(16(18)21)9-10-8-12(20)4-7-15(10)23-17/h2-9,20H,1H3,(H2,18,21). The molecule has 0 fully saturated rings. The molecule has 0 atom stereocenters. The van der Waals surface area contributed by atoms with Gasteiger partial charge in [-0.25, -0.2) is 4.99 Å². The molecule has 6 heteroatoms. The van der Waals surface area contributed by atoms with Gasteiger partial charge >= 0.3 is 0 Å². The Morgan fingerprint density at radius 2 is 1.91 bits per heavy atom. The number of carbonyl (C=O) groups is 1. The molecule has 0 aliphatic carbocycles. The van der Waals surface area contributed by atoms with Gasteiger partial charge in [-0.05, 0) is 48.5 Å². The third kappa shape index (κ3) is 3.01. The number of ether oxygens (including phenoxy) is 1. The molecular weight excluding hydrogens is 296 g/mol. The van der Waals surface area contributed by atoms with E-state index in [2.05, 4.69) is 4.99 Å². The number of methoxy groups -OCH3 is 1. The van der Waals surface area contributed by atoms with Crippen LogP contribution >= 0.6 is 0 Å². The summed E-state index contributed by atoms with van der Waals surface area (Å²) in [6.07, 6.45) is 0. The highest BCUT2D eigenvalue weighted by atomic mass is 16.5. The van der Waals surface area contributed by atoms with Crippen LogP contribution in [0.4, 0.5) is 5.69 Å². The van der Waals surface area contributed by atoms with Crippen LogP contribution in [0, 0.1) is 0 Å². The lowest BCUT2D eigenvalue weighted by molar-refractivity contribution is 0.0996. The van der Waals surface area contributed by atoms with E-state index in [0.29, 0.717) is 22.4 Å². The van der Waals surface area contributed by atoms with Crippen LogP contribution < -0.4 is 16.0 Å². The predicted molar refractivity (Wildman–Crippen MR) is 84.6 cm³/mol. The van der Waals surface area contributed by atoms with E-state index < -0.39 is 5.91 Å². The van der Waals surface area contributed by atoms with Crippen molar-refractivity contribution in [3.05, 3.63) is 59.6 Å². The molecule has 0 saturated carbocycles. The van der Waals surface area contributed by atoms with Crippen molar-refractivity contribution < 1.29 is 19.1 Å². The van der Waals surface area contributed by atoms with Crippen LogP contribution in [0.15, 0.2) is 57.9 Å². The molecule has 0 unspecified atom stereocenters. The number of nitrogens with two attached hydrogens (primary N) is 1. The van der Waals surface area contributed by atoms with Gasteiger partial charge in [0.15, 0.2) is 0 Å². The highest BCUT2D eigenvalue weighted by molar-refractivity contribution is 5.95. The first-order valence-electron chi connectivity index (χ1n) is 6.82. The van der Waals surface area contributed by atoms with Crippen molar-refractivity contribution in [2.45, 2.75) is 0 Å². The van der Waals surface area contributed by atoms with Gasteiger partial charge in [-0.15, -0.1) is 0 Å². The highest BCUT2D eigenvalue weighted by Gasteiger charge is 2.10. The van der Waals surface area contributed by atoms with Gasteiger partial charge in [0.05, 0.1) is 12.8 Å². The normalized spacial score (nSPS) is 11.6. The molecule has 6 nitrogen and oxygen atoms in total. The summed E-state index contributed by atoms with van der Waals surface area (Å²) in [6.45, 7) is 0. The molecule has 0 saturated heterocycles. The van der Waals surface area contributed by atoms with Crippen LogP contribution in [0.5, 0.6) is 11.5 Å². The number of carbonyl (C=O) groups excluding carboxylic acids is 1. The van der Waals surface area contributed by atoms with Gasteiger partial charge < -0.3 is 20.0 Å². The number of primary amides is 1. The largest absolute Gasteiger partial charge is 0.508 e. The highest BCUT2D eigenvalue weighted by Crippen LogP contribution is 2.21. The molecule has 0 aliphatic rings. The van der Waals surface area contributed by atoms with E-state index in [4.69, 9.17) is 14.9 Å². The molecule has 0 radical (unpaired) electrons. The molecular formula is C17H14N2O4. The first kappa shape index (κ1) is 14.6. The Hall–Kier alpha value is -3.28. The summed E-state index contributed by atoms with van der Waals surface area (Å²) in [5.74, 6) is 0.110. The topological polar surface area (TPSA) is 98.1 Å². The van der Waals surface area contributed by atoms with Gasteiger partial charge in [0.2, 0.25) is 5.55 Å². The smallest absolute Gasteiger partial charge is 0.254 e. The molecule has 0 aliphatic heterocycles. The first-order chi connectivity index (χ1) is 11.1. The average molecular weight is 310 g/mol. The van der Waals surface area contributed by atoms with E-state index in [1.165, 1.54) is 12.1 Å². The summed E-state index contributed by atoms with van der Waals surface area (Å²) in [7, 11) is 1.57. The van der Waals surface area contributed by atoms with E-state index in [9.17, 15) is 9.90 Å². The van der Waals surface area contributed by atoms with Crippen LogP contribution in [0.25, 0.3) is 11.0 Å². The zero-order valence-corrected chi connectivity index (χ0v) is 12.3. The number of benzene rings is 2. The number of rotatable bonds is 3. The van der Waals surface area contributed by atoms with Crippen molar-refractivity contribution in [1.29, 1.82) is 0 Å². The number of phenolic OH excluding ortho intramolecular Hbond substituents is 1. The van der Waals surface area contributed by atoms with E-state index in [1.807, 2.05) is 0 Å². The molecule has 3 rings (SSSR count). The van der Waals surface area contributed by atoms with E-state index >= 15 is 0 Å². The summed E-state index contributed by atoms with van der Waals surface area (Å²) in [6, 6.07) is 13.1. The van der Waals surface area contributed by atoms with Gasteiger partial charge in [-0.3, -0.25) is 4.79 Å². The average Bonchev–Trinajstić information content (AvgIpc) is 2.55. The summed E-state index contributed by atoms with van der Waals surface area (Å²) in [5.41, 5.74) is 6.73. The maximum atomic E-state index is 11.7. The molecule has 3 N–H and O–H groups in total. The summed E-state index contributed by atoms with van der Waals surface area (Å²) >= 11 is 0. The number of hydrogen-bond acceptors (Lipinski definition) is 5. The summed E-state index contributed by atoms with van der Waals surface area (Å²) in [4.78, 5) is 16.0. The summed E-state index contributed by atoms with van der Waals surface area (Å²) in [5, 5.41) is 10.1. The number of fused-ring (bicyclic) bond motifs is 1. The maximum Gasteiger partial charge on any atom is 0.254 e. The molecule has 116 valence electrons. The third-order valence-corrected chi connectivity index (χ3v) is 3.30. The lowest BCUT2D eigenvalue weighted by atomic mass is 10.1.